The first-order chi connectivity index (χ1) is 13.1. The summed E-state index contributed by atoms with van der Waals surface area (Å²) in [4.78, 5) is 14.1. The Hall–Kier alpha value is -1.91. The predicted octanol–water partition coefficient (Wildman–Crippen LogP) is 1.90. The Labute approximate surface area is 162 Å². The number of rotatable bonds is 7. The smallest absolute Gasteiger partial charge is 0.318 e. The molecule has 0 radical (unpaired) electrons. The Balaban J connectivity index is 1.79. The maximum atomic E-state index is 9.04. The average molecular weight is 373 g/mol. The lowest BCUT2D eigenvalue weighted by Crippen LogP contribution is -2.51. The SMILES string of the molecule is CCCc1c(C)nc(OC[C@@H]2CCCN2C)nc1N1CCNC(CC#N)C1. The maximum Gasteiger partial charge on any atom is 0.318 e. The number of likely N-dealkylation sites (N-methyl/N-ethyl adjacent to an activating group) is 1. The van der Waals surface area contributed by atoms with Crippen LogP contribution in [0.5, 0.6) is 6.01 Å². The van der Waals surface area contributed by atoms with E-state index in [1.807, 2.05) is 0 Å². The van der Waals surface area contributed by atoms with Crippen LogP contribution in [0.2, 0.25) is 0 Å². The molecule has 27 heavy (non-hydrogen) atoms. The zero-order chi connectivity index (χ0) is 19.2. The molecule has 1 N–H and O–H groups in total. The van der Waals surface area contributed by atoms with E-state index >= 15 is 0 Å². The van der Waals surface area contributed by atoms with Gasteiger partial charge < -0.3 is 19.9 Å². The largest absolute Gasteiger partial charge is 0.462 e. The second-order valence-electron chi connectivity index (χ2n) is 7.69. The number of nitriles is 1. The van der Waals surface area contributed by atoms with Crippen molar-refractivity contribution in [1.82, 2.24) is 20.2 Å². The van der Waals surface area contributed by atoms with Gasteiger partial charge in [0.15, 0.2) is 0 Å². The van der Waals surface area contributed by atoms with Crippen molar-refractivity contribution >= 4 is 5.82 Å². The van der Waals surface area contributed by atoms with Crippen LogP contribution in [0.15, 0.2) is 0 Å². The summed E-state index contributed by atoms with van der Waals surface area (Å²) in [6.07, 6.45) is 4.93. The zero-order valence-corrected chi connectivity index (χ0v) is 16.9. The number of likely N-dealkylation sites (tertiary alicyclic amines) is 1. The van der Waals surface area contributed by atoms with Crippen LogP contribution >= 0.6 is 0 Å². The van der Waals surface area contributed by atoms with E-state index in [-0.39, 0.29) is 6.04 Å². The molecule has 7 nitrogen and oxygen atoms in total. The third-order valence-corrected chi connectivity index (χ3v) is 5.64. The van der Waals surface area contributed by atoms with Crippen LogP contribution in [-0.2, 0) is 6.42 Å². The Bertz CT molecular complexity index is 673. The van der Waals surface area contributed by atoms with Gasteiger partial charge in [0.25, 0.3) is 0 Å². The minimum atomic E-state index is 0.185. The molecule has 0 saturated carbocycles. The first kappa shape index (κ1) is 19.8. The second kappa shape index (κ2) is 9.34. The molecule has 0 amide bonds. The van der Waals surface area contributed by atoms with Crippen molar-refractivity contribution in [2.45, 2.75) is 58.0 Å². The van der Waals surface area contributed by atoms with E-state index < -0.39 is 0 Å². The van der Waals surface area contributed by atoms with Crippen LogP contribution in [0.25, 0.3) is 0 Å². The highest BCUT2D eigenvalue weighted by atomic mass is 16.5. The van der Waals surface area contributed by atoms with E-state index in [1.165, 1.54) is 18.4 Å². The Morgan fingerprint density at radius 2 is 2.19 bits per heavy atom. The monoisotopic (exact) mass is 372 g/mol. The van der Waals surface area contributed by atoms with Gasteiger partial charge in [0.05, 0.1) is 12.5 Å². The second-order valence-corrected chi connectivity index (χ2v) is 7.69. The lowest BCUT2D eigenvalue weighted by Gasteiger charge is -2.35. The lowest BCUT2D eigenvalue weighted by atomic mass is 10.1. The zero-order valence-electron chi connectivity index (χ0n) is 16.9. The predicted molar refractivity (Wildman–Crippen MR) is 106 cm³/mol. The fourth-order valence-electron chi connectivity index (χ4n) is 4.05. The van der Waals surface area contributed by atoms with E-state index in [0.29, 0.717) is 25.1 Å². The minimum absolute atomic E-state index is 0.185. The highest BCUT2D eigenvalue weighted by Gasteiger charge is 2.25. The lowest BCUT2D eigenvalue weighted by molar-refractivity contribution is 0.187. The fourth-order valence-corrected chi connectivity index (χ4v) is 4.05. The van der Waals surface area contributed by atoms with Crippen LogP contribution in [0.1, 0.15) is 43.9 Å². The van der Waals surface area contributed by atoms with Crippen molar-refractivity contribution in [1.29, 1.82) is 5.26 Å². The molecule has 3 heterocycles. The van der Waals surface area contributed by atoms with Gasteiger partial charge in [-0.2, -0.15) is 10.2 Å². The molecule has 0 aromatic carbocycles. The van der Waals surface area contributed by atoms with Crippen molar-refractivity contribution in [2.24, 2.45) is 0 Å². The number of hydrogen-bond donors (Lipinski definition) is 1. The molecule has 0 aliphatic carbocycles. The van der Waals surface area contributed by atoms with Crippen LogP contribution in [-0.4, -0.2) is 66.8 Å². The van der Waals surface area contributed by atoms with Crippen molar-refractivity contribution in [3.63, 3.8) is 0 Å². The van der Waals surface area contributed by atoms with Gasteiger partial charge in [-0.15, -0.1) is 0 Å². The molecule has 7 heteroatoms. The van der Waals surface area contributed by atoms with Gasteiger partial charge in [-0.1, -0.05) is 13.3 Å². The number of ether oxygens (including phenoxy) is 1. The number of nitrogens with zero attached hydrogens (tertiary/aromatic N) is 5. The van der Waals surface area contributed by atoms with Gasteiger partial charge in [0, 0.05) is 43.0 Å². The molecule has 2 aliphatic heterocycles. The molecule has 0 spiro atoms. The minimum Gasteiger partial charge on any atom is -0.462 e. The molecule has 1 unspecified atom stereocenters. The van der Waals surface area contributed by atoms with Crippen LogP contribution in [0.3, 0.4) is 0 Å². The summed E-state index contributed by atoms with van der Waals surface area (Å²) in [6, 6.07) is 3.40. The van der Waals surface area contributed by atoms with Crippen molar-refractivity contribution in [3.8, 4) is 12.1 Å². The quantitative estimate of drug-likeness (QED) is 0.783. The van der Waals surface area contributed by atoms with Crippen LogP contribution in [0, 0.1) is 18.3 Å². The normalized spacial score (nSPS) is 23.4. The summed E-state index contributed by atoms with van der Waals surface area (Å²) < 4.78 is 6.02. The standard InChI is InChI=1S/C20H32N6O/c1-4-6-18-15(2)23-20(27-14-17-7-5-11-25(17)3)24-19(18)26-12-10-22-16(13-26)8-9-21/h16-17,22H,4-8,10-14H2,1-3H3/t16?,17-/m0/s1. The van der Waals surface area contributed by atoms with Crippen molar-refractivity contribution < 1.29 is 4.74 Å². The molecule has 3 rings (SSSR count). The van der Waals surface area contributed by atoms with Crippen LogP contribution in [0.4, 0.5) is 5.82 Å². The number of nitrogens with one attached hydrogen (secondary N) is 1. The van der Waals surface area contributed by atoms with E-state index in [9.17, 15) is 0 Å². The summed E-state index contributed by atoms with van der Waals surface area (Å²) in [5, 5.41) is 12.5. The van der Waals surface area contributed by atoms with Gasteiger partial charge >= 0.3 is 6.01 Å². The first-order valence-corrected chi connectivity index (χ1v) is 10.2. The summed E-state index contributed by atoms with van der Waals surface area (Å²) >= 11 is 0. The van der Waals surface area contributed by atoms with E-state index in [2.05, 4.69) is 47.1 Å². The van der Waals surface area contributed by atoms with Gasteiger partial charge in [0.1, 0.15) is 12.4 Å². The third-order valence-electron chi connectivity index (χ3n) is 5.64. The summed E-state index contributed by atoms with van der Waals surface area (Å²) in [5.41, 5.74) is 2.22. The van der Waals surface area contributed by atoms with Crippen molar-refractivity contribution in [2.75, 3.05) is 44.7 Å². The molecule has 2 aliphatic rings. The molecule has 1 aromatic heterocycles. The number of piperazine rings is 1. The van der Waals surface area contributed by atoms with Gasteiger partial charge in [-0.25, -0.2) is 4.98 Å². The van der Waals surface area contributed by atoms with E-state index in [4.69, 9.17) is 15.0 Å². The molecule has 2 fully saturated rings. The highest BCUT2D eigenvalue weighted by Crippen LogP contribution is 2.26. The maximum absolute atomic E-state index is 9.04. The van der Waals surface area contributed by atoms with Crippen molar-refractivity contribution in [3.05, 3.63) is 11.3 Å². The Morgan fingerprint density at radius 3 is 2.89 bits per heavy atom. The third kappa shape index (κ3) is 4.88. The number of anilines is 1. The average Bonchev–Trinajstić information content (AvgIpc) is 3.07. The highest BCUT2D eigenvalue weighted by molar-refractivity contribution is 5.50. The number of hydrogen-bond acceptors (Lipinski definition) is 7. The summed E-state index contributed by atoms with van der Waals surface area (Å²) in [5.74, 6) is 0.989. The van der Waals surface area contributed by atoms with Gasteiger partial charge in [0.2, 0.25) is 0 Å². The molecular weight excluding hydrogens is 340 g/mol. The Morgan fingerprint density at radius 1 is 1.33 bits per heavy atom. The van der Waals surface area contributed by atoms with Crippen LogP contribution < -0.4 is 15.0 Å². The fraction of sp³-hybridized carbons (Fsp3) is 0.750. The molecule has 0 bridgehead atoms. The summed E-state index contributed by atoms with van der Waals surface area (Å²) in [6.45, 7) is 8.56. The molecule has 1 aromatic rings. The molecule has 2 atom stereocenters. The first-order valence-electron chi connectivity index (χ1n) is 10.2. The van der Waals surface area contributed by atoms with E-state index in [1.54, 1.807) is 0 Å². The molecule has 148 valence electrons. The Kier molecular flexibility index (Phi) is 6.86. The number of aryl methyl sites for hydroxylation is 1. The number of aromatic nitrogens is 2. The van der Waals surface area contributed by atoms with E-state index in [0.717, 1.165) is 50.5 Å². The van der Waals surface area contributed by atoms with Gasteiger partial charge in [-0.3, -0.25) is 0 Å². The molecule has 2 saturated heterocycles. The topological polar surface area (TPSA) is 77.3 Å². The van der Waals surface area contributed by atoms with Gasteiger partial charge in [-0.05, 0) is 39.8 Å². The molecular formula is C20H32N6O. The summed E-state index contributed by atoms with van der Waals surface area (Å²) in [7, 11) is 2.15.